The van der Waals surface area contributed by atoms with Gasteiger partial charge in [0.15, 0.2) is 0 Å². The number of piperidine rings is 2. The molecular weight excluding hydrogens is 452 g/mol. The van der Waals surface area contributed by atoms with Gasteiger partial charge in [-0.15, -0.1) is 0 Å². The number of nitrogens with one attached hydrogen (secondary N) is 2. The molecule has 6 nitrogen and oxygen atoms in total. The van der Waals surface area contributed by atoms with E-state index in [-0.39, 0.29) is 46.3 Å². The summed E-state index contributed by atoms with van der Waals surface area (Å²) < 4.78 is 11.9. The predicted molar refractivity (Wildman–Crippen MR) is 144 cm³/mol. The van der Waals surface area contributed by atoms with Crippen LogP contribution in [-0.2, 0) is 9.47 Å². The second kappa shape index (κ2) is 10.1. The van der Waals surface area contributed by atoms with Gasteiger partial charge >= 0.3 is 11.9 Å². The van der Waals surface area contributed by atoms with Crippen LogP contribution in [-0.4, -0.2) is 46.3 Å². The normalized spacial score (nSPS) is 31.8. The molecule has 3 rings (SSSR count). The molecule has 2 N–H and O–H groups in total. The Morgan fingerprint density at radius 3 is 1.25 bits per heavy atom. The molecule has 1 aromatic carbocycles. The van der Waals surface area contributed by atoms with E-state index in [1.807, 2.05) is 0 Å². The van der Waals surface area contributed by atoms with E-state index in [0.717, 1.165) is 25.7 Å². The van der Waals surface area contributed by atoms with Crippen LogP contribution >= 0.6 is 0 Å². The second-order valence-electron chi connectivity index (χ2n) is 13.6. The molecule has 4 atom stereocenters. The Morgan fingerprint density at radius 1 is 0.667 bits per heavy atom. The first-order valence-corrected chi connectivity index (χ1v) is 13.5. The Labute approximate surface area is 218 Å². The Kier molecular flexibility index (Phi) is 8.03. The third-order valence-electron chi connectivity index (χ3n) is 8.48. The van der Waals surface area contributed by atoms with Gasteiger partial charge in [-0.3, -0.25) is 0 Å². The molecule has 0 radical (unpaired) electrons. The number of hydrogen-bond acceptors (Lipinski definition) is 6. The summed E-state index contributed by atoms with van der Waals surface area (Å²) in [7, 11) is 0. The third-order valence-corrected chi connectivity index (χ3v) is 8.48. The van der Waals surface area contributed by atoms with Crippen LogP contribution in [0.4, 0.5) is 0 Å². The lowest BCUT2D eigenvalue weighted by molar-refractivity contribution is -0.0199. The van der Waals surface area contributed by atoms with Gasteiger partial charge in [-0.1, -0.05) is 27.7 Å². The van der Waals surface area contributed by atoms with Crippen molar-refractivity contribution in [1.29, 1.82) is 0 Å². The molecule has 0 aromatic heterocycles. The number of carbonyl (C=O) groups is 2. The van der Waals surface area contributed by atoms with E-state index in [9.17, 15) is 9.59 Å². The van der Waals surface area contributed by atoms with Crippen molar-refractivity contribution in [2.45, 2.75) is 129 Å². The van der Waals surface area contributed by atoms with Crippen LogP contribution in [0, 0.1) is 11.8 Å². The van der Waals surface area contributed by atoms with Gasteiger partial charge in [0.25, 0.3) is 0 Å². The number of benzene rings is 1. The zero-order chi connectivity index (χ0) is 27.1. The van der Waals surface area contributed by atoms with Gasteiger partial charge < -0.3 is 20.1 Å². The molecule has 3 unspecified atom stereocenters. The van der Waals surface area contributed by atoms with E-state index >= 15 is 0 Å². The molecule has 2 aliphatic rings. The van der Waals surface area contributed by atoms with Crippen LogP contribution in [0.3, 0.4) is 0 Å². The highest BCUT2D eigenvalue weighted by Crippen LogP contribution is 2.36. The van der Waals surface area contributed by atoms with E-state index in [1.54, 1.807) is 24.3 Å². The van der Waals surface area contributed by atoms with Crippen molar-refractivity contribution in [3.05, 3.63) is 35.4 Å². The molecule has 0 spiro atoms. The van der Waals surface area contributed by atoms with Gasteiger partial charge in [-0.2, -0.15) is 0 Å². The first kappa shape index (κ1) is 28.6. The standard InChI is InChI=1S/C30H48N2O4/c1-19(2)29(9)17-23(15-27(5,6)31-29)35-25(33)21-11-13-22(14-12-21)26(34)36-24-16-28(7,8)32-30(10,18-24)20(3)4/h11-14,19-20,23-24,31-32H,15-18H2,1-10H3/t23?,24?,29-,30?/m0/s1. The van der Waals surface area contributed by atoms with Crippen molar-refractivity contribution in [3.8, 4) is 0 Å². The van der Waals surface area contributed by atoms with Gasteiger partial charge in [0, 0.05) is 47.8 Å². The number of esters is 2. The minimum Gasteiger partial charge on any atom is -0.459 e. The lowest BCUT2D eigenvalue weighted by atomic mass is 9.74. The fraction of sp³-hybridized carbons (Fsp3) is 0.733. The van der Waals surface area contributed by atoms with E-state index in [2.05, 4.69) is 79.9 Å². The van der Waals surface area contributed by atoms with E-state index < -0.39 is 0 Å². The topological polar surface area (TPSA) is 76.7 Å². The van der Waals surface area contributed by atoms with Crippen LogP contribution in [0.15, 0.2) is 24.3 Å². The summed E-state index contributed by atoms with van der Waals surface area (Å²) in [6.07, 6.45) is 2.73. The predicted octanol–water partition coefficient (Wildman–Crippen LogP) is 5.89. The van der Waals surface area contributed by atoms with Crippen molar-refractivity contribution >= 4 is 11.9 Å². The summed E-state index contributed by atoms with van der Waals surface area (Å²) in [5.74, 6) is 0.119. The average Bonchev–Trinajstić information content (AvgIpc) is 2.70. The Hall–Kier alpha value is -1.92. The Balaban J connectivity index is 1.64. The Bertz CT molecular complexity index is 875. The molecule has 0 bridgehead atoms. The van der Waals surface area contributed by atoms with Gasteiger partial charge in [0.1, 0.15) is 12.2 Å². The molecule has 6 heteroatoms. The van der Waals surface area contributed by atoms with Crippen molar-refractivity contribution in [2.75, 3.05) is 0 Å². The first-order valence-electron chi connectivity index (χ1n) is 13.5. The quantitative estimate of drug-likeness (QED) is 0.474. The molecule has 2 saturated heterocycles. The van der Waals surface area contributed by atoms with Crippen LogP contribution in [0.1, 0.15) is 116 Å². The first-order chi connectivity index (χ1) is 16.4. The molecule has 1 aromatic rings. The molecule has 36 heavy (non-hydrogen) atoms. The molecule has 202 valence electrons. The van der Waals surface area contributed by atoms with Gasteiger partial charge in [-0.05, 0) is 77.6 Å². The lowest BCUT2D eigenvalue weighted by Gasteiger charge is -2.49. The zero-order valence-electron chi connectivity index (χ0n) is 24.1. The molecule has 0 saturated carbocycles. The highest BCUT2D eigenvalue weighted by atomic mass is 16.5. The summed E-state index contributed by atoms with van der Waals surface area (Å²) in [5.41, 5.74) is 0.453. The summed E-state index contributed by atoms with van der Waals surface area (Å²) in [6, 6.07) is 6.66. The minimum atomic E-state index is -0.350. The number of ether oxygens (including phenoxy) is 2. The van der Waals surface area contributed by atoms with Gasteiger partial charge in [0.05, 0.1) is 11.1 Å². The highest BCUT2D eigenvalue weighted by Gasteiger charge is 2.45. The second-order valence-corrected chi connectivity index (χ2v) is 13.6. The maximum absolute atomic E-state index is 12.9. The molecule has 2 fully saturated rings. The SMILES string of the molecule is CC(C)C1(C)CC(OC(=O)c2ccc(C(=O)OC3CC(C)(C)N[C@](C)(C(C)C)C3)cc2)CC(C)(C)N1. The third kappa shape index (κ3) is 6.69. The van der Waals surface area contributed by atoms with Crippen molar-refractivity contribution in [2.24, 2.45) is 11.8 Å². The molecular formula is C30H48N2O4. The minimum absolute atomic E-state index is 0.102. The molecule has 2 aliphatic heterocycles. The average molecular weight is 501 g/mol. The number of rotatable bonds is 6. The summed E-state index contributed by atoms with van der Waals surface area (Å²) >= 11 is 0. The van der Waals surface area contributed by atoms with Crippen molar-refractivity contribution in [1.82, 2.24) is 10.6 Å². The summed E-state index contributed by atoms with van der Waals surface area (Å²) in [6.45, 7) is 21.8. The maximum atomic E-state index is 12.9. The molecule has 2 heterocycles. The zero-order valence-corrected chi connectivity index (χ0v) is 24.1. The van der Waals surface area contributed by atoms with Crippen LogP contribution in [0.5, 0.6) is 0 Å². The monoisotopic (exact) mass is 500 g/mol. The molecule has 0 amide bonds. The highest BCUT2D eigenvalue weighted by molar-refractivity contribution is 5.93. The smallest absolute Gasteiger partial charge is 0.338 e. The van der Waals surface area contributed by atoms with E-state index in [1.165, 1.54) is 0 Å². The number of carbonyl (C=O) groups excluding carboxylic acids is 2. The van der Waals surface area contributed by atoms with E-state index in [0.29, 0.717) is 23.0 Å². The summed E-state index contributed by atoms with van der Waals surface area (Å²) in [4.78, 5) is 25.9. The Morgan fingerprint density at radius 2 is 0.972 bits per heavy atom. The fourth-order valence-corrected chi connectivity index (χ4v) is 6.09. The van der Waals surface area contributed by atoms with Crippen LogP contribution < -0.4 is 10.6 Å². The van der Waals surface area contributed by atoms with Gasteiger partial charge in [-0.25, -0.2) is 9.59 Å². The summed E-state index contributed by atoms with van der Waals surface area (Å²) in [5, 5.41) is 7.47. The fourth-order valence-electron chi connectivity index (χ4n) is 6.09. The maximum Gasteiger partial charge on any atom is 0.338 e. The number of hydrogen-bond donors (Lipinski definition) is 2. The van der Waals surface area contributed by atoms with Crippen LogP contribution in [0.25, 0.3) is 0 Å². The van der Waals surface area contributed by atoms with Crippen LogP contribution in [0.2, 0.25) is 0 Å². The van der Waals surface area contributed by atoms with Crippen molar-refractivity contribution in [3.63, 3.8) is 0 Å². The lowest BCUT2D eigenvalue weighted by Crippen LogP contribution is -2.63. The van der Waals surface area contributed by atoms with E-state index in [4.69, 9.17) is 9.47 Å². The van der Waals surface area contributed by atoms with Gasteiger partial charge in [0.2, 0.25) is 0 Å². The molecule has 0 aliphatic carbocycles. The largest absolute Gasteiger partial charge is 0.459 e. The van der Waals surface area contributed by atoms with Crippen molar-refractivity contribution < 1.29 is 19.1 Å².